The second-order valence-corrected chi connectivity index (χ2v) is 5.17. The number of carbonyl (C=O) groups excluding carboxylic acids is 1. The van der Waals surface area contributed by atoms with Crippen molar-refractivity contribution < 1.29 is 18.3 Å². The Morgan fingerprint density at radius 2 is 2.14 bits per heavy atom. The molecule has 0 aliphatic carbocycles. The molecule has 4 nitrogen and oxygen atoms in total. The minimum absolute atomic E-state index is 0.118. The lowest BCUT2D eigenvalue weighted by atomic mass is 10.1. The number of rotatable bonds is 2. The highest BCUT2D eigenvalue weighted by molar-refractivity contribution is 6.30. The van der Waals surface area contributed by atoms with E-state index in [-0.39, 0.29) is 41.0 Å². The molecule has 114 valence electrons. The zero-order valence-electron chi connectivity index (χ0n) is 11.6. The van der Waals surface area contributed by atoms with Gasteiger partial charge in [0, 0.05) is 23.7 Å². The molecule has 0 radical (unpaired) electrons. The molecule has 22 heavy (non-hydrogen) atoms. The number of halogens is 3. The summed E-state index contributed by atoms with van der Waals surface area (Å²) in [5, 5.41) is 0.118. The van der Waals surface area contributed by atoms with Crippen molar-refractivity contribution in [2.75, 3.05) is 18.6 Å². The topological polar surface area (TPSA) is 42.4 Å². The summed E-state index contributed by atoms with van der Waals surface area (Å²) in [6, 6.07) is 5.27. The average Bonchev–Trinajstić information content (AvgIpc) is 2.94. The molecule has 0 unspecified atom stereocenters. The number of pyridine rings is 1. The summed E-state index contributed by atoms with van der Waals surface area (Å²) in [4.78, 5) is 17.9. The van der Waals surface area contributed by atoms with Gasteiger partial charge < -0.3 is 9.64 Å². The molecule has 2 aromatic rings. The third-order valence-corrected chi connectivity index (χ3v) is 3.71. The van der Waals surface area contributed by atoms with Crippen molar-refractivity contribution in [3.05, 3.63) is 52.2 Å². The molecule has 0 N–H and O–H groups in total. The number of hydrogen-bond acceptors (Lipinski definition) is 3. The highest BCUT2D eigenvalue weighted by Crippen LogP contribution is 2.32. The second kappa shape index (κ2) is 5.53. The van der Waals surface area contributed by atoms with Crippen LogP contribution in [0.1, 0.15) is 15.9 Å². The predicted octanol–water partition coefficient (Wildman–Crippen LogP) is 3.22. The van der Waals surface area contributed by atoms with Crippen molar-refractivity contribution in [2.24, 2.45) is 0 Å². The van der Waals surface area contributed by atoms with Crippen molar-refractivity contribution in [1.29, 1.82) is 0 Å². The lowest BCUT2D eigenvalue weighted by Gasteiger charge is -2.18. The van der Waals surface area contributed by atoms with Crippen molar-refractivity contribution >= 4 is 23.2 Å². The molecule has 0 atom stereocenters. The summed E-state index contributed by atoms with van der Waals surface area (Å²) in [6.45, 7) is 0.275. The maximum Gasteiger partial charge on any atom is 0.258 e. The van der Waals surface area contributed by atoms with Gasteiger partial charge in [0.25, 0.3) is 5.91 Å². The number of hydrogen-bond donors (Lipinski definition) is 0. The lowest BCUT2D eigenvalue weighted by molar-refractivity contribution is 0.0989. The van der Waals surface area contributed by atoms with Crippen LogP contribution in [-0.4, -0.2) is 24.5 Å². The van der Waals surface area contributed by atoms with E-state index in [0.717, 1.165) is 6.07 Å². The van der Waals surface area contributed by atoms with Crippen molar-refractivity contribution in [1.82, 2.24) is 4.98 Å². The normalized spacial score (nSPS) is 13.2. The zero-order chi connectivity index (χ0) is 15.9. The van der Waals surface area contributed by atoms with E-state index in [1.165, 1.54) is 30.2 Å². The van der Waals surface area contributed by atoms with Crippen LogP contribution in [0.3, 0.4) is 0 Å². The number of nitrogens with zero attached hydrogens (tertiary/aromatic N) is 2. The smallest absolute Gasteiger partial charge is 0.258 e. The standard InChI is InChI=1S/C15H11ClF2N2O2/c1-22-13-7-8(6-12(16)19-13)15(21)20-5-4-9-11(20)3-2-10(17)14(9)18/h2-3,6-7H,4-5H2,1H3. The first-order chi connectivity index (χ1) is 10.5. The van der Waals surface area contributed by atoms with E-state index >= 15 is 0 Å². The van der Waals surface area contributed by atoms with Gasteiger partial charge >= 0.3 is 0 Å². The van der Waals surface area contributed by atoms with Crippen LogP contribution in [0.15, 0.2) is 24.3 Å². The molecule has 0 saturated carbocycles. The summed E-state index contributed by atoms with van der Waals surface area (Å²) in [5.41, 5.74) is 0.853. The summed E-state index contributed by atoms with van der Waals surface area (Å²) < 4.78 is 32.0. The predicted molar refractivity (Wildman–Crippen MR) is 77.5 cm³/mol. The molecule has 1 aliphatic rings. The molecular weight excluding hydrogens is 314 g/mol. The van der Waals surface area contributed by atoms with Crippen LogP contribution in [0.25, 0.3) is 0 Å². The molecule has 1 aromatic heterocycles. The first-order valence-corrected chi connectivity index (χ1v) is 6.89. The van der Waals surface area contributed by atoms with Gasteiger partial charge in [-0.3, -0.25) is 4.79 Å². The molecule has 1 amide bonds. The quantitative estimate of drug-likeness (QED) is 0.797. The van der Waals surface area contributed by atoms with Crippen molar-refractivity contribution in [3.8, 4) is 5.88 Å². The van der Waals surface area contributed by atoms with E-state index in [4.69, 9.17) is 16.3 Å². The molecule has 3 rings (SSSR count). The molecule has 1 aliphatic heterocycles. The minimum Gasteiger partial charge on any atom is -0.481 e. The van der Waals surface area contributed by atoms with Gasteiger partial charge in [-0.15, -0.1) is 0 Å². The molecule has 0 spiro atoms. The molecule has 1 aromatic carbocycles. The molecule has 0 bridgehead atoms. The lowest BCUT2D eigenvalue weighted by Crippen LogP contribution is -2.29. The summed E-state index contributed by atoms with van der Waals surface area (Å²) in [7, 11) is 1.41. The van der Waals surface area contributed by atoms with Crippen LogP contribution in [0, 0.1) is 11.6 Å². The van der Waals surface area contributed by atoms with Gasteiger partial charge in [-0.2, -0.15) is 0 Å². The Balaban J connectivity index is 1.99. The average molecular weight is 325 g/mol. The van der Waals surface area contributed by atoms with Gasteiger partial charge in [-0.25, -0.2) is 13.8 Å². The van der Waals surface area contributed by atoms with Gasteiger partial charge in [0.05, 0.1) is 12.8 Å². The van der Waals surface area contributed by atoms with Gasteiger partial charge in [-0.05, 0) is 24.6 Å². The number of aromatic nitrogens is 1. The van der Waals surface area contributed by atoms with Gasteiger partial charge in [0.2, 0.25) is 5.88 Å². The Labute approximate surface area is 130 Å². The summed E-state index contributed by atoms with van der Waals surface area (Å²) in [6.07, 6.45) is 0.265. The Hall–Kier alpha value is -2.21. The monoisotopic (exact) mass is 324 g/mol. The van der Waals surface area contributed by atoms with Crippen molar-refractivity contribution in [3.63, 3.8) is 0 Å². The first-order valence-electron chi connectivity index (χ1n) is 6.51. The van der Waals surface area contributed by atoms with Crippen LogP contribution >= 0.6 is 11.6 Å². The Kier molecular flexibility index (Phi) is 3.70. The number of methoxy groups -OCH3 is 1. The molecule has 0 fully saturated rings. The minimum atomic E-state index is -0.915. The summed E-state index contributed by atoms with van der Waals surface area (Å²) >= 11 is 5.85. The molecular formula is C15H11ClF2N2O2. The number of anilines is 1. The first kappa shape index (κ1) is 14.7. The van der Waals surface area contributed by atoms with Gasteiger partial charge in [0.1, 0.15) is 5.15 Å². The number of fused-ring (bicyclic) bond motifs is 1. The largest absolute Gasteiger partial charge is 0.481 e. The van der Waals surface area contributed by atoms with Crippen LogP contribution in [0.5, 0.6) is 5.88 Å². The van der Waals surface area contributed by atoms with Crippen LogP contribution in [0.2, 0.25) is 5.15 Å². The third kappa shape index (κ3) is 2.39. The van der Waals surface area contributed by atoms with Crippen LogP contribution in [0.4, 0.5) is 14.5 Å². The second-order valence-electron chi connectivity index (χ2n) is 4.79. The maximum absolute atomic E-state index is 13.8. The molecule has 0 saturated heterocycles. The van der Waals surface area contributed by atoms with Crippen molar-refractivity contribution in [2.45, 2.75) is 6.42 Å². The fraction of sp³-hybridized carbons (Fsp3) is 0.200. The van der Waals surface area contributed by atoms with Gasteiger partial charge in [0.15, 0.2) is 11.6 Å². The maximum atomic E-state index is 13.8. The summed E-state index contributed by atoms with van der Waals surface area (Å²) in [5.74, 6) is -1.98. The van der Waals surface area contributed by atoms with E-state index in [1.54, 1.807) is 0 Å². The third-order valence-electron chi connectivity index (χ3n) is 3.52. The molecule has 7 heteroatoms. The SMILES string of the molecule is COc1cc(C(=O)N2CCc3c2ccc(F)c3F)cc(Cl)n1. The van der Waals surface area contributed by atoms with E-state index < -0.39 is 11.6 Å². The fourth-order valence-electron chi connectivity index (χ4n) is 2.48. The zero-order valence-corrected chi connectivity index (χ0v) is 12.3. The number of amides is 1. The number of ether oxygens (including phenoxy) is 1. The van der Waals surface area contributed by atoms with E-state index in [9.17, 15) is 13.6 Å². The number of benzene rings is 1. The Morgan fingerprint density at radius 1 is 1.36 bits per heavy atom. The van der Waals surface area contributed by atoms with E-state index in [0.29, 0.717) is 5.69 Å². The fourth-order valence-corrected chi connectivity index (χ4v) is 2.69. The van der Waals surface area contributed by atoms with E-state index in [1.807, 2.05) is 0 Å². The van der Waals surface area contributed by atoms with Gasteiger partial charge in [-0.1, -0.05) is 11.6 Å². The Bertz CT molecular complexity index is 767. The number of carbonyl (C=O) groups is 1. The van der Waals surface area contributed by atoms with Crippen LogP contribution < -0.4 is 9.64 Å². The highest BCUT2D eigenvalue weighted by atomic mass is 35.5. The van der Waals surface area contributed by atoms with Crippen LogP contribution in [-0.2, 0) is 6.42 Å². The Morgan fingerprint density at radius 3 is 2.86 bits per heavy atom. The van der Waals surface area contributed by atoms with E-state index in [2.05, 4.69) is 4.98 Å². The molecule has 2 heterocycles. The highest BCUT2D eigenvalue weighted by Gasteiger charge is 2.29.